The summed E-state index contributed by atoms with van der Waals surface area (Å²) < 4.78 is 30.7. The van der Waals surface area contributed by atoms with Crippen LogP contribution in [0.4, 0.5) is 5.13 Å². The van der Waals surface area contributed by atoms with E-state index in [4.69, 9.17) is 4.74 Å². The Kier molecular flexibility index (Phi) is 6.92. The van der Waals surface area contributed by atoms with Gasteiger partial charge in [0.2, 0.25) is 5.91 Å². The van der Waals surface area contributed by atoms with Crippen LogP contribution in [0.15, 0.2) is 45.8 Å². The molecule has 0 bridgehead atoms. The number of benzene rings is 2. The van der Waals surface area contributed by atoms with Crippen molar-refractivity contribution in [3.05, 3.63) is 46.4 Å². The summed E-state index contributed by atoms with van der Waals surface area (Å²) in [5.74, 6) is 0.604. The zero-order chi connectivity index (χ0) is 21.0. The molecule has 0 saturated heterocycles. The maximum absolute atomic E-state index is 12.2. The van der Waals surface area contributed by atoms with Crippen LogP contribution in [0, 0.1) is 0 Å². The fraction of sp³-hybridized carbons (Fsp3) is 0.300. The third-order valence-corrected chi connectivity index (χ3v) is 6.91. The molecule has 9 heteroatoms. The first kappa shape index (κ1) is 21.7. The molecule has 0 spiro atoms. The molecule has 1 aromatic heterocycles. The lowest BCUT2D eigenvalue weighted by molar-refractivity contribution is -0.116. The van der Waals surface area contributed by atoms with Gasteiger partial charge in [0.15, 0.2) is 15.0 Å². The second kappa shape index (κ2) is 9.23. The first-order valence-electron chi connectivity index (χ1n) is 9.08. The molecule has 1 amide bonds. The van der Waals surface area contributed by atoms with E-state index < -0.39 is 9.84 Å². The van der Waals surface area contributed by atoms with Gasteiger partial charge in [-0.05, 0) is 64.7 Å². The smallest absolute Gasteiger partial charge is 0.226 e. The van der Waals surface area contributed by atoms with Gasteiger partial charge in [-0.15, -0.1) is 0 Å². The number of halogens is 1. The van der Waals surface area contributed by atoms with Gasteiger partial charge in [0.25, 0.3) is 0 Å². The molecule has 0 unspecified atom stereocenters. The van der Waals surface area contributed by atoms with Crippen molar-refractivity contribution in [1.82, 2.24) is 4.98 Å². The number of ether oxygens (including phenoxy) is 1. The minimum Gasteiger partial charge on any atom is -0.492 e. The van der Waals surface area contributed by atoms with Crippen LogP contribution in [-0.4, -0.2) is 32.2 Å². The Bertz CT molecular complexity index is 1140. The number of amides is 1. The van der Waals surface area contributed by atoms with Crippen LogP contribution < -0.4 is 10.1 Å². The molecular formula is C20H21BrN2O4S2. The second-order valence-electron chi connectivity index (χ2n) is 6.54. The van der Waals surface area contributed by atoms with Crippen molar-refractivity contribution in [2.75, 3.05) is 18.2 Å². The standard InChI is InChI=1S/C20H21BrN2O4S2/c1-3-13-6-9-17(15(21)11-13)27-10-4-5-19(24)23-20-22-16-8-7-14(29(2,25)26)12-18(16)28-20/h6-9,11-12H,3-5,10H2,1-2H3,(H,22,23,24). The van der Waals surface area contributed by atoms with Gasteiger partial charge in [-0.25, -0.2) is 13.4 Å². The van der Waals surface area contributed by atoms with Gasteiger partial charge in [-0.1, -0.05) is 24.3 Å². The Balaban J connectivity index is 1.52. The minimum absolute atomic E-state index is 0.156. The summed E-state index contributed by atoms with van der Waals surface area (Å²) in [6.07, 6.45) is 2.99. The van der Waals surface area contributed by atoms with Crippen LogP contribution in [-0.2, 0) is 21.1 Å². The Morgan fingerprint density at radius 3 is 2.72 bits per heavy atom. The molecule has 154 valence electrons. The van der Waals surface area contributed by atoms with Crippen molar-refractivity contribution in [2.24, 2.45) is 0 Å². The van der Waals surface area contributed by atoms with E-state index in [1.165, 1.54) is 23.0 Å². The van der Waals surface area contributed by atoms with Crippen molar-refractivity contribution < 1.29 is 17.9 Å². The largest absolute Gasteiger partial charge is 0.492 e. The van der Waals surface area contributed by atoms with Gasteiger partial charge in [-0.2, -0.15) is 0 Å². The van der Waals surface area contributed by atoms with Crippen LogP contribution >= 0.6 is 27.3 Å². The Morgan fingerprint density at radius 1 is 1.24 bits per heavy atom. The van der Waals surface area contributed by atoms with Crippen LogP contribution in [0.1, 0.15) is 25.3 Å². The predicted octanol–water partition coefficient (Wildman–Crippen LogP) is 4.82. The van der Waals surface area contributed by atoms with Gasteiger partial charge in [0, 0.05) is 12.7 Å². The predicted molar refractivity (Wildman–Crippen MR) is 120 cm³/mol. The molecule has 3 aromatic rings. The average Bonchev–Trinajstić information content (AvgIpc) is 3.06. The van der Waals surface area contributed by atoms with E-state index in [1.54, 1.807) is 12.1 Å². The number of thiazole rings is 1. The number of anilines is 1. The molecule has 1 N–H and O–H groups in total. The fourth-order valence-corrected chi connectivity index (χ4v) is 4.85. The third-order valence-electron chi connectivity index (χ3n) is 4.24. The Morgan fingerprint density at radius 2 is 2.03 bits per heavy atom. The number of aromatic nitrogens is 1. The summed E-state index contributed by atoms with van der Waals surface area (Å²) in [5.41, 5.74) is 1.88. The quantitative estimate of drug-likeness (QED) is 0.451. The molecule has 6 nitrogen and oxygen atoms in total. The third kappa shape index (κ3) is 5.77. The second-order valence-corrected chi connectivity index (χ2v) is 10.4. The lowest BCUT2D eigenvalue weighted by atomic mass is 10.2. The summed E-state index contributed by atoms with van der Waals surface area (Å²) in [4.78, 5) is 16.7. The van der Waals surface area contributed by atoms with E-state index in [2.05, 4.69) is 33.2 Å². The molecule has 3 rings (SSSR count). The first-order valence-corrected chi connectivity index (χ1v) is 12.6. The zero-order valence-corrected chi connectivity index (χ0v) is 19.3. The highest BCUT2D eigenvalue weighted by atomic mass is 79.9. The molecule has 0 atom stereocenters. The minimum atomic E-state index is -3.28. The highest BCUT2D eigenvalue weighted by molar-refractivity contribution is 9.10. The zero-order valence-electron chi connectivity index (χ0n) is 16.1. The Labute approximate surface area is 182 Å². The first-order chi connectivity index (χ1) is 13.8. The number of nitrogens with one attached hydrogen (secondary N) is 1. The molecule has 0 radical (unpaired) electrons. The molecule has 0 fully saturated rings. The van der Waals surface area contributed by atoms with Gasteiger partial charge in [-0.3, -0.25) is 4.79 Å². The van der Waals surface area contributed by atoms with Crippen molar-refractivity contribution in [2.45, 2.75) is 31.1 Å². The van der Waals surface area contributed by atoms with Crippen molar-refractivity contribution >= 4 is 58.4 Å². The highest BCUT2D eigenvalue weighted by Crippen LogP contribution is 2.29. The number of nitrogens with zero attached hydrogens (tertiary/aromatic N) is 1. The molecule has 1 heterocycles. The maximum atomic E-state index is 12.2. The van der Waals surface area contributed by atoms with Crippen LogP contribution in [0.3, 0.4) is 0 Å². The number of carbonyl (C=O) groups excluding carboxylic acids is 1. The number of rotatable bonds is 8. The normalized spacial score (nSPS) is 11.6. The van der Waals surface area contributed by atoms with Crippen LogP contribution in [0.5, 0.6) is 5.75 Å². The van der Waals surface area contributed by atoms with E-state index in [1.807, 2.05) is 18.2 Å². The number of hydrogen-bond acceptors (Lipinski definition) is 6. The molecular weight excluding hydrogens is 476 g/mol. The molecule has 0 aliphatic heterocycles. The Hall–Kier alpha value is -1.97. The van der Waals surface area contributed by atoms with E-state index in [-0.39, 0.29) is 10.8 Å². The monoisotopic (exact) mass is 496 g/mol. The average molecular weight is 497 g/mol. The summed E-state index contributed by atoms with van der Waals surface area (Å²) in [7, 11) is -3.28. The van der Waals surface area contributed by atoms with E-state index in [0.29, 0.717) is 34.8 Å². The SMILES string of the molecule is CCc1ccc(OCCCC(=O)Nc2nc3ccc(S(C)(=O)=O)cc3s2)c(Br)c1. The summed E-state index contributed by atoms with van der Waals surface area (Å²) >= 11 is 4.75. The van der Waals surface area contributed by atoms with Crippen LogP contribution in [0.25, 0.3) is 10.2 Å². The van der Waals surface area contributed by atoms with Crippen molar-refractivity contribution in [3.63, 3.8) is 0 Å². The molecule has 2 aromatic carbocycles. The highest BCUT2D eigenvalue weighted by Gasteiger charge is 2.12. The number of carbonyl (C=O) groups is 1. The molecule has 0 aliphatic rings. The van der Waals surface area contributed by atoms with E-state index in [0.717, 1.165) is 22.9 Å². The fourth-order valence-electron chi connectivity index (χ4n) is 2.67. The lowest BCUT2D eigenvalue weighted by Gasteiger charge is -2.09. The number of aryl methyl sites for hydroxylation is 1. The van der Waals surface area contributed by atoms with Crippen molar-refractivity contribution in [1.29, 1.82) is 0 Å². The van der Waals surface area contributed by atoms with Gasteiger partial charge in [0.05, 0.1) is 26.2 Å². The number of sulfone groups is 1. The summed E-state index contributed by atoms with van der Waals surface area (Å²) in [6.45, 7) is 2.52. The number of fused-ring (bicyclic) bond motifs is 1. The summed E-state index contributed by atoms with van der Waals surface area (Å²) in [5, 5.41) is 3.22. The van der Waals surface area contributed by atoms with E-state index >= 15 is 0 Å². The van der Waals surface area contributed by atoms with Gasteiger partial charge in [0.1, 0.15) is 5.75 Å². The summed E-state index contributed by atoms with van der Waals surface area (Å²) in [6, 6.07) is 10.7. The van der Waals surface area contributed by atoms with E-state index in [9.17, 15) is 13.2 Å². The maximum Gasteiger partial charge on any atom is 0.226 e. The van der Waals surface area contributed by atoms with Gasteiger partial charge >= 0.3 is 0 Å². The topological polar surface area (TPSA) is 85.4 Å². The van der Waals surface area contributed by atoms with Gasteiger partial charge < -0.3 is 10.1 Å². The number of hydrogen-bond donors (Lipinski definition) is 1. The molecule has 29 heavy (non-hydrogen) atoms. The molecule has 0 saturated carbocycles. The van der Waals surface area contributed by atoms with Crippen LogP contribution in [0.2, 0.25) is 0 Å². The lowest BCUT2D eigenvalue weighted by Crippen LogP contribution is -2.12. The molecule has 0 aliphatic carbocycles. The van der Waals surface area contributed by atoms with Crippen molar-refractivity contribution in [3.8, 4) is 5.75 Å².